The standard InChI is InChI=1S/C41H78O5/c1-5-9-13-22-30-38(29-12-8-4)36-46-41(44)34-26-21-17-15-19-24-32-39(42)31-23-18-14-16-20-25-33-40(43)45-35-37(27-10-6-2)28-11-7-3/h37-38H,5-36H2,1-4H3. The number of ether oxygens (including phenoxy) is 2. The van der Waals surface area contributed by atoms with Gasteiger partial charge in [0.2, 0.25) is 0 Å². The summed E-state index contributed by atoms with van der Waals surface area (Å²) in [6, 6.07) is 0. The van der Waals surface area contributed by atoms with Crippen LogP contribution in [0.4, 0.5) is 0 Å². The van der Waals surface area contributed by atoms with Crippen molar-refractivity contribution in [3.63, 3.8) is 0 Å². The molecule has 0 aliphatic heterocycles. The van der Waals surface area contributed by atoms with Crippen molar-refractivity contribution in [2.45, 2.75) is 220 Å². The van der Waals surface area contributed by atoms with Crippen molar-refractivity contribution in [2.24, 2.45) is 11.8 Å². The highest BCUT2D eigenvalue weighted by molar-refractivity contribution is 5.78. The molecule has 0 bridgehead atoms. The van der Waals surface area contributed by atoms with Crippen LogP contribution < -0.4 is 0 Å². The van der Waals surface area contributed by atoms with Gasteiger partial charge < -0.3 is 9.47 Å². The van der Waals surface area contributed by atoms with E-state index in [1.165, 1.54) is 89.9 Å². The molecule has 0 aromatic carbocycles. The molecule has 0 aliphatic rings. The molecule has 46 heavy (non-hydrogen) atoms. The van der Waals surface area contributed by atoms with Crippen LogP contribution in [0.25, 0.3) is 0 Å². The second-order valence-corrected chi connectivity index (χ2v) is 14.2. The highest BCUT2D eigenvalue weighted by Crippen LogP contribution is 2.20. The molecule has 0 aromatic rings. The Hall–Kier alpha value is -1.39. The molecule has 5 heteroatoms. The maximum Gasteiger partial charge on any atom is 0.305 e. The normalized spacial score (nSPS) is 12.0. The fourth-order valence-electron chi connectivity index (χ4n) is 6.25. The summed E-state index contributed by atoms with van der Waals surface area (Å²) in [6.45, 7) is 10.1. The van der Waals surface area contributed by atoms with Crippen molar-refractivity contribution in [1.29, 1.82) is 0 Å². The zero-order chi connectivity index (χ0) is 33.9. The van der Waals surface area contributed by atoms with E-state index in [0.717, 1.165) is 77.0 Å². The van der Waals surface area contributed by atoms with Gasteiger partial charge >= 0.3 is 11.9 Å². The monoisotopic (exact) mass is 651 g/mol. The van der Waals surface area contributed by atoms with Gasteiger partial charge in [-0.1, -0.05) is 143 Å². The molecule has 272 valence electrons. The Morgan fingerprint density at radius 3 is 1.04 bits per heavy atom. The van der Waals surface area contributed by atoms with Gasteiger partial charge in [0.1, 0.15) is 5.78 Å². The first-order valence-corrected chi connectivity index (χ1v) is 20.3. The van der Waals surface area contributed by atoms with Gasteiger partial charge in [0.05, 0.1) is 13.2 Å². The first-order valence-electron chi connectivity index (χ1n) is 20.3. The Kier molecular flexibility index (Phi) is 33.9. The predicted octanol–water partition coefficient (Wildman–Crippen LogP) is 12.7. The lowest BCUT2D eigenvalue weighted by molar-refractivity contribution is -0.146. The van der Waals surface area contributed by atoms with Crippen LogP contribution in [0.15, 0.2) is 0 Å². The largest absolute Gasteiger partial charge is 0.465 e. The molecule has 0 aromatic heterocycles. The number of hydrogen-bond donors (Lipinski definition) is 0. The molecule has 1 atom stereocenters. The first-order chi connectivity index (χ1) is 22.5. The molecular weight excluding hydrogens is 572 g/mol. The molecule has 0 rings (SSSR count). The van der Waals surface area contributed by atoms with Gasteiger partial charge in [-0.05, 0) is 63.2 Å². The Morgan fingerprint density at radius 1 is 0.370 bits per heavy atom. The van der Waals surface area contributed by atoms with E-state index >= 15 is 0 Å². The molecule has 0 saturated heterocycles. The zero-order valence-electron chi connectivity index (χ0n) is 31.3. The Balaban J connectivity index is 3.64. The van der Waals surface area contributed by atoms with E-state index in [4.69, 9.17) is 9.47 Å². The van der Waals surface area contributed by atoms with Crippen molar-refractivity contribution in [3.8, 4) is 0 Å². The number of carbonyl (C=O) groups excluding carboxylic acids is 3. The summed E-state index contributed by atoms with van der Waals surface area (Å²) < 4.78 is 11.2. The van der Waals surface area contributed by atoms with Gasteiger partial charge in [0.15, 0.2) is 0 Å². The maximum atomic E-state index is 12.2. The van der Waals surface area contributed by atoms with Crippen LogP contribution in [0.5, 0.6) is 0 Å². The summed E-state index contributed by atoms with van der Waals surface area (Å²) in [6.07, 6.45) is 32.3. The minimum atomic E-state index is -0.0295. The zero-order valence-corrected chi connectivity index (χ0v) is 31.3. The number of esters is 2. The molecule has 0 aliphatic carbocycles. The van der Waals surface area contributed by atoms with E-state index in [2.05, 4.69) is 27.7 Å². The average Bonchev–Trinajstić information content (AvgIpc) is 3.05. The molecule has 0 amide bonds. The van der Waals surface area contributed by atoms with Crippen molar-refractivity contribution in [3.05, 3.63) is 0 Å². The number of ketones is 1. The highest BCUT2D eigenvalue weighted by atomic mass is 16.5. The summed E-state index contributed by atoms with van der Waals surface area (Å²) in [4.78, 5) is 36.6. The first kappa shape index (κ1) is 44.6. The minimum absolute atomic E-state index is 0.0235. The van der Waals surface area contributed by atoms with Gasteiger partial charge in [0, 0.05) is 25.7 Å². The van der Waals surface area contributed by atoms with Crippen LogP contribution in [0.3, 0.4) is 0 Å². The van der Waals surface area contributed by atoms with Crippen LogP contribution in [0.1, 0.15) is 220 Å². The van der Waals surface area contributed by atoms with E-state index in [-0.39, 0.29) is 11.9 Å². The third kappa shape index (κ3) is 31.2. The van der Waals surface area contributed by atoms with Crippen LogP contribution in [-0.2, 0) is 23.9 Å². The van der Waals surface area contributed by atoms with Gasteiger partial charge in [-0.2, -0.15) is 0 Å². The lowest BCUT2D eigenvalue weighted by Crippen LogP contribution is -2.14. The third-order valence-corrected chi connectivity index (χ3v) is 9.50. The maximum absolute atomic E-state index is 12.2. The predicted molar refractivity (Wildman–Crippen MR) is 195 cm³/mol. The fraction of sp³-hybridized carbons (Fsp3) is 0.927. The number of unbranched alkanes of at least 4 members (excludes halogenated alkanes) is 16. The molecule has 0 fully saturated rings. The molecule has 0 spiro atoms. The summed E-state index contributed by atoms with van der Waals surface area (Å²) in [5.74, 6) is 1.42. The molecule has 1 unspecified atom stereocenters. The summed E-state index contributed by atoms with van der Waals surface area (Å²) >= 11 is 0. The minimum Gasteiger partial charge on any atom is -0.465 e. The highest BCUT2D eigenvalue weighted by Gasteiger charge is 2.13. The SMILES string of the molecule is CCCCCCC(CCCC)COC(=O)CCCCCCCCC(=O)CCCCCCCCC(=O)OCC(CCCC)CCCC. The summed E-state index contributed by atoms with van der Waals surface area (Å²) in [5, 5.41) is 0. The molecular formula is C41H78O5. The van der Waals surface area contributed by atoms with Crippen LogP contribution in [0.2, 0.25) is 0 Å². The van der Waals surface area contributed by atoms with Crippen molar-refractivity contribution in [2.75, 3.05) is 13.2 Å². The Bertz CT molecular complexity index is 682. The summed E-state index contributed by atoms with van der Waals surface area (Å²) in [7, 11) is 0. The van der Waals surface area contributed by atoms with Crippen molar-refractivity contribution < 1.29 is 23.9 Å². The van der Waals surface area contributed by atoms with Crippen molar-refractivity contribution >= 4 is 17.7 Å². The lowest BCUT2D eigenvalue weighted by atomic mass is 9.96. The van der Waals surface area contributed by atoms with Crippen LogP contribution in [-0.4, -0.2) is 30.9 Å². The van der Waals surface area contributed by atoms with Crippen LogP contribution in [0, 0.1) is 11.8 Å². The van der Waals surface area contributed by atoms with Gasteiger partial charge in [-0.3, -0.25) is 14.4 Å². The van der Waals surface area contributed by atoms with E-state index in [9.17, 15) is 14.4 Å². The number of Topliss-reactive ketones (excluding diaryl/α,β-unsaturated/α-hetero) is 1. The number of rotatable bonds is 36. The van der Waals surface area contributed by atoms with Gasteiger partial charge in [0.25, 0.3) is 0 Å². The average molecular weight is 651 g/mol. The van der Waals surface area contributed by atoms with E-state index in [0.29, 0.717) is 56.5 Å². The van der Waals surface area contributed by atoms with E-state index in [1.807, 2.05) is 0 Å². The summed E-state index contributed by atoms with van der Waals surface area (Å²) in [5.41, 5.74) is 0. The molecule has 0 saturated carbocycles. The fourth-order valence-corrected chi connectivity index (χ4v) is 6.25. The smallest absolute Gasteiger partial charge is 0.305 e. The topological polar surface area (TPSA) is 69.7 Å². The molecule has 0 radical (unpaired) electrons. The van der Waals surface area contributed by atoms with Gasteiger partial charge in [-0.25, -0.2) is 0 Å². The molecule has 5 nitrogen and oxygen atoms in total. The van der Waals surface area contributed by atoms with E-state index in [1.54, 1.807) is 0 Å². The second-order valence-electron chi connectivity index (χ2n) is 14.2. The van der Waals surface area contributed by atoms with E-state index < -0.39 is 0 Å². The number of carbonyl (C=O) groups is 3. The second kappa shape index (κ2) is 34.9. The molecule has 0 heterocycles. The lowest BCUT2D eigenvalue weighted by Gasteiger charge is -2.16. The van der Waals surface area contributed by atoms with Gasteiger partial charge in [-0.15, -0.1) is 0 Å². The Labute approximate surface area is 286 Å². The molecule has 0 N–H and O–H groups in total. The third-order valence-electron chi connectivity index (χ3n) is 9.50. The van der Waals surface area contributed by atoms with Crippen molar-refractivity contribution in [1.82, 2.24) is 0 Å². The Morgan fingerprint density at radius 2 is 0.674 bits per heavy atom. The number of hydrogen-bond acceptors (Lipinski definition) is 5. The quantitative estimate of drug-likeness (QED) is 0.0498. The van der Waals surface area contributed by atoms with Crippen LogP contribution >= 0.6 is 0 Å².